The average Bonchev–Trinajstić information content (AvgIpc) is 2.26. The lowest BCUT2D eigenvalue weighted by Crippen LogP contribution is -1.82. The Morgan fingerprint density at radius 1 is 1.14 bits per heavy atom. The molecule has 0 N–H and O–H groups in total. The van der Waals surface area contributed by atoms with E-state index < -0.39 is 0 Å². The molecule has 0 heterocycles. The summed E-state index contributed by atoms with van der Waals surface area (Å²) in [7, 11) is 0. The van der Waals surface area contributed by atoms with Gasteiger partial charge in [-0.3, -0.25) is 4.99 Å². The van der Waals surface area contributed by atoms with Crippen molar-refractivity contribution in [1.82, 2.24) is 0 Å². The molecule has 0 spiro atoms. The van der Waals surface area contributed by atoms with Crippen molar-refractivity contribution >= 4 is 6.21 Å². The second-order valence-electron chi connectivity index (χ2n) is 2.12. The second-order valence-corrected chi connectivity index (χ2v) is 2.12. The van der Waals surface area contributed by atoms with Gasteiger partial charge in [-0.25, -0.2) is 0 Å². The highest BCUT2D eigenvalue weighted by Gasteiger charge is 1.94. The molecule has 0 aromatic carbocycles. The SMILES string of the molecule is C=C/C=C(C=C)\C(=C/C)N=CC.CC. The van der Waals surface area contributed by atoms with Crippen LogP contribution >= 0.6 is 0 Å². The summed E-state index contributed by atoms with van der Waals surface area (Å²) in [5.74, 6) is 0. The van der Waals surface area contributed by atoms with Crippen LogP contribution in [0, 0.1) is 0 Å². The van der Waals surface area contributed by atoms with E-state index in [1.54, 1.807) is 18.4 Å². The number of hydrogen-bond acceptors (Lipinski definition) is 1. The minimum absolute atomic E-state index is 0.924. The van der Waals surface area contributed by atoms with Gasteiger partial charge < -0.3 is 0 Å². The van der Waals surface area contributed by atoms with Crippen LogP contribution in [0.1, 0.15) is 27.7 Å². The number of aliphatic imine (C=N–C) groups is 1. The lowest BCUT2D eigenvalue weighted by atomic mass is 10.1. The highest BCUT2D eigenvalue weighted by atomic mass is 14.7. The van der Waals surface area contributed by atoms with Crippen LogP contribution in [-0.4, -0.2) is 6.21 Å². The van der Waals surface area contributed by atoms with Crippen LogP contribution in [0.15, 0.2) is 53.7 Å². The highest BCUT2D eigenvalue weighted by molar-refractivity contribution is 5.58. The lowest BCUT2D eigenvalue weighted by Gasteiger charge is -1.99. The molecule has 0 aliphatic rings. The summed E-state index contributed by atoms with van der Waals surface area (Å²) in [4.78, 5) is 4.18. The van der Waals surface area contributed by atoms with Crippen LogP contribution in [0.2, 0.25) is 0 Å². The summed E-state index contributed by atoms with van der Waals surface area (Å²) in [6.07, 6.45) is 9.08. The Labute approximate surface area is 88.3 Å². The van der Waals surface area contributed by atoms with Crippen molar-refractivity contribution in [2.45, 2.75) is 27.7 Å². The summed E-state index contributed by atoms with van der Waals surface area (Å²) in [6.45, 7) is 15.2. The van der Waals surface area contributed by atoms with Crippen molar-refractivity contribution in [1.29, 1.82) is 0 Å². The maximum atomic E-state index is 4.18. The van der Waals surface area contributed by atoms with Gasteiger partial charge >= 0.3 is 0 Å². The Bertz CT molecular complexity index is 242. The largest absolute Gasteiger partial charge is 0.261 e. The van der Waals surface area contributed by atoms with E-state index in [0.717, 1.165) is 11.3 Å². The van der Waals surface area contributed by atoms with Gasteiger partial charge in [0, 0.05) is 6.21 Å². The molecule has 78 valence electrons. The standard InChI is InChI=1S/C11H15N.C2H6/c1-5-9-10(6-2)11(7-3)12-8-4;1-2/h5-9H,1-2H2,3-4H3;1-2H3/b10-9-,11-7+,12-8?;. The molecule has 14 heavy (non-hydrogen) atoms. The van der Waals surface area contributed by atoms with Crippen LogP contribution in [0.3, 0.4) is 0 Å². The van der Waals surface area contributed by atoms with Gasteiger partial charge in [0.25, 0.3) is 0 Å². The fourth-order valence-electron chi connectivity index (χ4n) is 0.840. The molecule has 0 saturated carbocycles. The van der Waals surface area contributed by atoms with Crippen LogP contribution in [0.25, 0.3) is 0 Å². The molecule has 0 radical (unpaired) electrons. The molecule has 0 aliphatic heterocycles. The zero-order valence-corrected chi connectivity index (χ0v) is 9.75. The van der Waals surface area contributed by atoms with Gasteiger partial charge in [0.2, 0.25) is 0 Å². The summed E-state index contributed by atoms with van der Waals surface area (Å²) in [5.41, 5.74) is 1.91. The van der Waals surface area contributed by atoms with E-state index in [2.05, 4.69) is 18.2 Å². The van der Waals surface area contributed by atoms with E-state index >= 15 is 0 Å². The molecule has 0 saturated heterocycles. The molecule has 0 amide bonds. The van der Waals surface area contributed by atoms with Crippen molar-refractivity contribution in [2.24, 2.45) is 4.99 Å². The molecule has 1 heteroatoms. The molecule has 0 fully saturated rings. The molecular weight excluding hydrogens is 170 g/mol. The van der Waals surface area contributed by atoms with Crippen molar-refractivity contribution in [3.05, 3.63) is 48.7 Å². The molecular formula is C13H21N. The third kappa shape index (κ3) is 6.18. The smallest absolute Gasteiger partial charge is 0.0655 e. The lowest BCUT2D eigenvalue weighted by molar-refractivity contribution is 1.33. The number of nitrogens with zero attached hydrogens (tertiary/aromatic N) is 1. The van der Waals surface area contributed by atoms with Crippen LogP contribution in [0.5, 0.6) is 0 Å². The number of rotatable bonds is 4. The predicted octanol–water partition coefficient (Wildman–Crippen LogP) is 4.31. The normalized spacial score (nSPS) is 12.0. The molecule has 1 nitrogen and oxygen atoms in total. The summed E-state index contributed by atoms with van der Waals surface area (Å²) >= 11 is 0. The Balaban J connectivity index is 0. The quantitative estimate of drug-likeness (QED) is 0.464. The molecule has 0 aromatic rings. The molecule has 0 bridgehead atoms. The topological polar surface area (TPSA) is 12.4 Å². The van der Waals surface area contributed by atoms with Crippen LogP contribution in [0.4, 0.5) is 0 Å². The molecule has 0 aliphatic carbocycles. The van der Waals surface area contributed by atoms with E-state index in [-0.39, 0.29) is 0 Å². The molecule has 0 aromatic heterocycles. The molecule has 0 rings (SSSR count). The van der Waals surface area contributed by atoms with Crippen molar-refractivity contribution in [3.8, 4) is 0 Å². The van der Waals surface area contributed by atoms with E-state index in [9.17, 15) is 0 Å². The van der Waals surface area contributed by atoms with Gasteiger partial charge in [0.1, 0.15) is 0 Å². The van der Waals surface area contributed by atoms with Gasteiger partial charge in [0.05, 0.1) is 5.70 Å². The maximum absolute atomic E-state index is 4.18. The van der Waals surface area contributed by atoms with E-state index in [0.29, 0.717) is 0 Å². The zero-order chi connectivity index (χ0) is 11.4. The fourth-order valence-corrected chi connectivity index (χ4v) is 0.840. The minimum atomic E-state index is 0.924. The first-order chi connectivity index (χ1) is 6.79. The summed E-state index contributed by atoms with van der Waals surface area (Å²) in [6, 6.07) is 0. The first kappa shape index (κ1) is 15.1. The Hall–Kier alpha value is -1.37. The summed E-state index contributed by atoms with van der Waals surface area (Å²) < 4.78 is 0. The van der Waals surface area contributed by atoms with Gasteiger partial charge in [0.15, 0.2) is 0 Å². The third-order valence-electron chi connectivity index (χ3n) is 1.35. The van der Waals surface area contributed by atoms with Crippen molar-refractivity contribution in [2.75, 3.05) is 0 Å². The number of allylic oxidation sites excluding steroid dienone is 4. The Morgan fingerprint density at radius 2 is 1.71 bits per heavy atom. The van der Waals surface area contributed by atoms with E-state index in [1.165, 1.54) is 0 Å². The molecule has 0 atom stereocenters. The van der Waals surface area contributed by atoms with Gasteiger partial charge in [-0.05, 0) is 19.4 Å². The predicted molar refractivity (Wildman–Crippen MR) is 67.7 cm³/mol. The Morgan fingerprint density at radius 3 is 2.00 bits per heavy atom. The van der Waals surface area contributed by atoms with Gasteiger partial charge in [-0.1, -0.05) is 51.3 Å². The van der Waals surface area contributed by atoms with Crippen molar-refractivity contribution < 1.29 is 0 Å². The van der Waals surface area contributed by atoms with Crippen LogP contribution < -0.4 is 0 Å². The number of hydrogen-bond donors (Lipinski definition) is 0. The average molecular weight is 191 g/mol. The van der Waals surface area contributed by atoms with Gasteiger partial charge in [-0.2, -0.15) is 0 Å². The second kappa shape index (κ2) is 11.6. The summed E-state index contributed by atoms with van der Waals surface area (Å²) in [5, 5.41) is 0. The van der Waals surface area contributed by atoms with Crippen molar-refractivity contribution in [3.63, 3.8) is 0 Å². The minimum Gasteiger partial charge on any atom is -0.261 e. The van der Waals surface area contributed by atoms with Gasteiger partial charge in [-0.15, -0.1) is 0 Å². The maximum Gasteiger partial charge on any atom is 0.0655 e. The van der Waals surface area contributed by atoms with E-state index in [1.807, 2.05) is 39.8 Å². The van der Waals surface area contributed by atoms with Crippen LogP contribution in [-0.2, 0) is 0 Å². The Kier molecular flexibility index (Phi) is 12.6. The molecule has 0 unspecified atom stereocenters. The highest BCUT2D eigenvalue weighted by Crippen LogP contribution is 2.11. The first-order valence-electron chi connectivity index (χ1n) is 4.90. The zero-order valence-electron chi connectivity index (χ0n) is 9.75. The fraction of sp³-hybridized carbons (Fsp3) is 0.308. The first-order valence-corrected chi connectivity index (χ1v) is 4.90. The monoisotopic (exact) mass is 191 g/mol. The van der Waals surface area contributed by atoms with E-state index in [4.69, 9.17) is 0 Å². The third-order valence-corrected chi connectivity index (χ3v) is 1.35.